The van der Waals surface area contributed by atoms with Crippen molar-refractivity contribution in [3.63, 3.8) is 0 Å². The maximum absolute atomic E-state index is 12.9. The molecule has 0 fully saturated rings. The average molecular weight is 1100 g/mol. The highest BCUT2D eigenvalue weighted by Gasteiger charge is 2.19. The van der Waals surface area contributed by atoms with Gasteiger partial charge in [0.15, 0.2) is 6.10 Å². The highest BCUT2D eigenvalue weighted by molar-refractivity contribution is 5.71. The third-order valence-electron chi connectivity index (χ3n) is 14.2. The number of carbonyl (C=O) groups excluding carboxylic acids is 3. The fraction of sp³-hybridized carbons (Fsp3) is 0.712. The molecule has 1 unspecified atom stereocenters. The van der Waals surface area contributed by atoms with Gasteiger partial charge in [-0.2, -0.15) is 0 Å². The Bertz CT molecular complexity index is 1590. The quantitative estimate of drug-likeness (QED) is 0.0261. The smallest absolute Gasteiger partial charge is 0.306 e. The SMILES string of the molecule is CC/C=C\C/C=C\C/C=C\C/C=C\C/C=C\CCCCCCCCCCCCCCCC(=O)OCC(COC(=O)CCCCCCC/C=C\C/C=C\CCCC)OC(=O)CCCCCCCCC/C=C\C/C=C\CCCCCC. The topological polar surface area (TPSA) is 78.9 Å². The maximum atomic E-state index is 12.9. The van der Waals surface area contributed by atoms with Gasteiger partial charge in [-0.25, -0.2) is 0 Å². The number of esters is 3. The van der Waals surface area contributed by atoms with E-state index in [1.54, 1.807) is 0 Å². The molecule has 0 aliphatic rings. The Kier molecular flexibility index (Phi) is 63.3. The van der Waals surface area contributed by atoms with Crippen molar-refractivity contribution in [3.05, 3.63) is 109 Å². The van der Waals surface area contributed by atoms with E-state index < -0.39 is 6.10 Å². The molecule has 0 aromatic heterocycles. The first-order valence-corrected chi connectivity index (χ1v) is 33.4. The van der Waals surface area contributed by atoms with Gasteiger partial charge in [0, 0.05) is 19.3 Å². The summed E-state index contributed by atoms with van der Waals surface area (Å²) in [5, 5.41) is 0. The summed E-state index contributed by atoms with van der Waals surface area (Å²) in [6.45, 7) is 6.47. The van der Waals surface area contributed by atoms with Gasteiger partial charge in [-0.3, -0.25) is 14.4 Å². The summed E-state index contributed by atoms with van der Waals surface area (Å²) in [5.74, 6) is -0.899. The molecule has 6 nitrogen and oxygen atoms in total. The van der Waals surface area contributed by atoms with Gasteiger partial charge in [0.25, 0.3) is 0 Å². The number of allylic oxidation sites excluding steroid dienone is 18. The van der Waals surface area contributed by atoms with Crippen molar-refractivity contribution in [1.82, 2.24) is 0 Å². The molecule has 0 bridgehead atoms. The van der Waals surface area contributed by atoms with E-state index in [0.717, 1.165) is 128 Å². The van der Waals surface area contributed by atoms with Crippen molar-refractivity contribution in [2.75, 3.05) is 13.2 Å². The predicted octanol–water partition coefficient (Wildman–Crippen LogP) is 23.0. The Morgan fingerprint density at radius 3 is 0.810 bits per heavy atom. The van der Waals surface area contributed by atoms with E-state index in [1.165, 1.54) is 148 Å². The van der Waals surface area contributed by atoms with Crippen LogP contribution in [-0.2, 0) is 28.6 Å². The summed E-state index contributed by atoms with van der Waals surface area (Å²) < 4.78 is 16.9. The van der Waals surface area contributed by atoms with Crippen LogP contribution in [-0.4, -0.2) is 37.2 Å². The van der Waals surface area contributed by atoms with Crippen molar-refractivity contribution in [1.29, 1.82) is 0 Å². The van der Waals surface area contributed by atoms with E-state index in [1.807, 2.05) is 0 Å². The number of rotatable bonds is 60. The van der Waals surface area contributed by atoms with Crippen LogP contribution in [0.5, 0.6) is 0 Å². The molecule has 0 aromatic rings. The molecule has 452 valence electrons. The molecule has 0 radical (unpaired) electrons. The third kappa shape index (κ3) is 64.8. The predicted molar refractivity (Wildman–Crippen MR) is 343 cm³/mol. The van der Waals surface area contributed by atoms with E-state index in [9.17, 15) is 14.4 Å². The minimum atomic E-state index is -0.791. The molecule has 0 spiro atoms. The van der Waals surface area contributed by atoms with Crippen LogP contribution in [0.25, 0.3) is 0 Å². The molecule has 79 heavy (non-hydrogen) atoms. The second-order valence-electron chi connectivity index (χ2n) is 22.0. The number of ether oxygens (including phenoxy) is 3. The standard InChI is InChI=1S/C73H124O6/c1-4-7-10-13-16-19-22-25-28-30-32-33-34-35-36-37-38-39-40-41-42-44-45-48-51-54-57-60-63-66-72(75)78-69-70(68-77-71(74)65-62-59-56-53-50-47-27-24-21-18-15-12-9-6-3)79-73(76)67-64-61-58-55-52-49-46-43-31-29-26-23-20-17-14-11-8-5-2/h7,10,15-16,18-20,23-25,27-29,31-33,35-36,70H,4-6,8-9,11-14,17,21-22,26,30,34,37-69H2,1-3H3/b10-7-,18-15-,19-16-,23-20-,27-24-,28-25-,31-29-,33-32-,36-35-. The Morgan fingerprint density at radius 1 is 0.266 bits per heavy atom. The lowest BCUT2D eigenvalue weighted by molar-refractivity contribution is -0.167. The summed E-state index contributed by atoms with van der Waals surface area (Å²) in [5.41, 5.74) is 0. The molecule has 0 saturated carbocycles. The lowest BCUT2D eigenvalue weighted by Crippen LogP contribution is -2.30. The molecule has 0 amide bonds. The summed E-state index contributed by atoms with van der Waals surface area (Å²) >= 11 is 0. The van der Waals surface area contributed by atoms with Crippen LogP contribution in [0.2, 0.25) is 0 Å². The van der Waals surface area contributed by atoms with E-state index in [-0.39, 0.29) is 31.1 Å². The van der Waals surface area contributed by atoms with E-state index in [2.05, 4.69) is 130 Å². The van der Waals surface area contributed by atoms with Crippen molar-refractivity contribution < 1.29 is 28.6 Å². The summed E-state index contributed by atoms with van der Waals surface area (Å²) in [6.07, 6.45) is 91.0. The summed E-state index contributed by atoms with van der Waals surface area (Å²) in [6, 6.07) is 0. The zero-order valence-corrected chi connectivity index (χ0v) is 51.9. The first-order valence-electron chi connectivity index (χ1n) is 33.4. The fourth-order valence-corrected chi connectivity index (χ4v) is 9.22. The minimum Gasteiger partial charge on any atom is -0.462 e. The highest BCUT2D eigenvalue weighted by Crippen LogP contribution is 2.16. The van der Waals surface area contributed by atoms with Crippen molar-refractivity contribution >= 4 is 17.9 Å². The molecular weight excluding hydrogens is 973 g/mol. The van der Waals surface area contributed by atoms with Gasteiger partial charge in [-0.1, -0.05) is 284 Å². The Morgan fingerprint density at radius 2 is 0.506 bits per heavy atom. The molecule has 0 aliphatic heterocycles. The molecular formula is C73H124O6. The zero-order chi connectivity index (χ0) is 57.1. The van der Waals surface area contributed by atoms with Gasteiger partial charge in [0.05, 0.1) is 0 Å². The summed E-state index contributed by atoms with van der Waals surface area (Å²) in [4.78, 5) is 38.4. The molecule has 0 aromatic carbocycles. The van der Waals surface area contributed by atoms with E-state index in [4.69, 9.17) is 14.2 Å². The van der Waals surface area contributed by atoms with Gasteiger partial charge in [-0.05, 0) is 122 Å². The molecule has 0 rings (SSSR count). The molecule has 1 atom stereocenters. The van der Waals surface area contributed by atoms with Crippen molar-refractivity contribution in [2.24, 2.45) is 0 Å². The van der Waals surface area contributed by atoms with Crippen LogP contribution >= 0.6 is 0 Å². The van der Waals surface area contributed by atoms with Gasteiger partial charge < -0.3 is 14.2 Å². The fourth-order valence-electron chi connectivity index (χ4n) is 9.22. The summed E-state index contributed by atoms with van der Waals surface area (Å²) in [7, 11) is 0. The molecule has 0 N–H and O–H groups in total. The third-order valence-corrected chi connectivity index (χ3v) is 14.2. The monoisotopic (exact) mass is 1100 g/mol. The van der Waals surface area contributed by atoms with Crippen LogP contribution in [0.15, 0.2) is 109 Å². The minimum absolute atomic E-state index is 0.0858. The van der Waals surface area contributed by atoms with Crippen LogP contribution in [0.4, 0.5) is 0 Å². The zero-order valence-electron chi connectivity index (χ0n) is 51.9. The highest BCUT2D eigenvalue weighted by atomic mass is 16.6. The first-order chi connectivity index (χ1) is 39.0. The second kappa shape index (κ2) is 66.6. The molecule has 0 aliphatic carbocycles. The largest absolute Gasteiger partial charge is 0.462 e. The number of unbranched alkanes of at least 4 members (excludes halogenated alkanes) is 31. The molecule has 0 saturated heterocycles. The van der Waals surface area contributed by atoms with Gasteiger partial charge in [0.2, 0.25) is 0 Å². The Balaban J connectivity index is 4.30. The maximum Gasteiger partial charge on any atom is 0.306 e. The molecule has 0 heterocycles. The average Bonchev–Trinajstić information content (AvgIpc) is 3.45. The lowest BCUT2D eigenvalue weighted by atomic mass is 10.0. The van der Waals surface area contributed by atoms with Gasteiger partial charge in [0.1, 0.15) is 13.2 Å². The first kappa shape index (κ1) is 75.1. The lowest BCUT2D eigenvalue weighted by Gasteiger charge is -2.18. The number of carbonyl (C=O) groups is 3. The van der Waals surface area contributed by atoms with Crippen molar-refractivity contribution in [2.45, 2.75) is 322 Å². The van der Waals surface area contributed by atoms with E-state index in [0.29, 0.717) is 19.3 Å². The second-order valence-corrected chi connectivity index (χ2v) is 22.0. The molecule has 6 heteroatoms. The normalized spacial score (nSPS) is 12.8. The van der Waals surface area contributed by atoms with Crippen LogP contribution in [0.3, 0.4) is 0 Å². The van der Waals surface area contributed by atoms with Crippen LogP contribution in [0.1, 0.15) is 316 Å². The Labute approximate surface area is 489 Å². The van der Waals surface area contributed by atoms with Gasteiger partial charge in [-0.15, -0.1) is 0 Å². The van der Waals surface area contributed by atoms with Crippen molar-refractivity contribution in [3.8, 4) is 0 Å². The Hall–Kier alpha value is -3.93. The van der Waals surface area contributed by atoms with E-state index >= 15 is 0 Å². The van der Waals surface area contributed by atoms with Crippen LogP contribution in [0, 0.1) is 0 Å². The van der Waals surface area contributed by atoms with Crippen LogP contribution < -0.4 is 0 Å². The van der Waals surface area contributed by atoms with Gasteiger partial charge >= 0.3 is 17.9 Å². The number of hydrogen-bond donors (Lipinski definition) is 0. The number of hydrogen-bond acceptors (Lipinski definition) is 6.